The lowest BCUT2D eigenvalue weighted by atomic mass is 10.3. The molecule has 0 fully saturated rings. The van der Waals surface area contributed by atoms with Crippen molar-refractivity contribution in [2.24, 2.45) is 0 Å². The molecule has 8 heteroatoms. The Hall–Kier alpha value is -2.51. The predicted octanol–water partition coefficient (Wildman–Crippen LogP) is 3.09. The van der Waals surface area contributed by atoms with Gasteiger partial charge in [0.25, 0.3) is 5.91 Å². The molecule has 1 atom stereocenters. The standard InChI is InChI=1S/C18H17ClN4O2S/c1-11(26-13-8-6-12(19)7-9-13)18(25)23-22-17(24)10-16-20-14-4-2-3-5-15(14)21-16/h2-9,11H,10H2,1H3,(H,20,21)(H,22,24)(H,23,25)/t11-/m1/s1. The molecule has 0 aliphatic carbocycles. The maximum absolute atomic E-state index is 12.1. The van der Waals surface area contributed by atoms with Crippen LogP contribution in [0, 0.1) is 0 Å². The van der Waals surface area contributed by atoms with Crippen molar-refractivity contribution in [2.75, 3.05) is 0 Å². The van der Waals surface area contributed by atoms with Gasteiger partial charge in [-0.1, -0.05) is 23.7 Å². The van der Waals surface area contributed by atoms with Crippen LogP contribution in [0.2, 0.25) is 5.02 Å². The number of nitrogens with zero attached hydrogens (tertiary/aromatic N) is 1. The van der Waals surface area contributed by atoms with Gasteiger partial charge in [0, 0.05) is 9.92 Å². The number of carbonyl (C=O) groups is 2. The molecule has 0 saturated heterocycles. The van der Waals surface area contributed by atoms with E-state index in [0.717, 1.165) is 15.9 Å². The van der Waals surface area contributed by atoms with Crippen molar-refractivity contribution < 1.29 is 9.59 Å². The topological polar surface area (TPSA) is 86.9 Å². The van der Waals surface area contributed by atoms with E-state index in [2.05, 4.69) is 20.8 Å². The Bertz CT molecular complexity index is 893. The highest BCUT2D eigenvalue weighted by atomic mass is 35.5. The van der Waals surface area contributed by atoms with E-state index in [9.17, 15) is 9.59 Å². The van der Waals surface area contributed by atoms with Gasteiger partial charge in [0.05, 0.1) is 22.7 Å². The van der Waals surface area contributed by atoms with Crippen LogP contribution >= 0.6 is 23.4 Å². The molecule has 6 nitrogen and oxygen atoms in total. The zero-order valence-electron chi connectivity index (χ0n) is 14.0. The number of aromatic nitrogens is 2. The number of carbonyl (C=O) groups excluding carboxylic acids is 2. The van der Waals surface area contributed by atoms with E-state index in [4.69, 9.17) is 11.6 Å². The number of halogens is 1. The second-order valence-electron chi connectivity index (χ2n) is 5.63. The van der Waals surface area contributed by atoms with E-state index < -0.39 is 0 Å². The molecular formula is C18H17ClN4O2S. The van der Waals surface area contributed by atoms with E-state index in [1.807, 2.05) is 36.4 Å². The third-order valence-electron chi connectivity index (χ3n) is 3.59. The highest BCUT2D eigenvalue weighted by molar-refractivity contribution is 8.00. The Kier molecular flexibility index (Phi) is 5.80. The van der Waals surface area contributed by atoms with Crippen LogP contribution in [0.15, 0.2) is 53.4 Å². The zero-order chi connectivity index (χ0) is 18.5. The van der Waals surface area contributed by atoms with E-state index in [0.29, 0.717) is 10.8 Å². The van der Waals surface area contributed by atoms with Crippen LogP contribution in [0.25, 0.3) is 11.0 Å². The number of para-hydroxylation sites is 2. The number of fused-ring (bicyclic) bond motifs is 1. The van der Waals surface area contributed by atoms with Crippen molar-refractivity contribution in [3.05, 3.63) is 59.4 Å². The lowest BCUT2D eigenvalue weighted by molar-refractivity contribution is -0.128. The molecule has 3 aromatic rings. The molecule has 1 aromatic heterocycles. The summed E-state index contributed by atoms with van der Waals surface area (Å²) < 4.78 is 0. The second-order valence-corrected chi connectivity index (χ2v) is 7.48. The van der Waals surface area contributed by atoms with Crippen LogP contribution in [-0.4, -0.2) is 27.0 Å². The summed E-state index contributed by atoms with van der Waals surface area (Å²) in [4.78, 5) is 32.5. The number of hydrogen-bond donors (Lipinski definition) is 3. The Morgan fingerprint density at radius 3 is 2.62 bits per heavy atom. The summed E-state index contributed by atoms with van der Waals surface area (Å²) in [5.41, 5.74) is 6.53. The number of benzene rings is 2. The van der Waals surface area contributed by atoms with Crippen LogP contribution in [0.3, 0.4) is 0 Å². The molecule has 3 rings (SSSR count). The van der Waals surface area contributed by atoms with Gasteiger partial charge in [0.2, 0.25) is 5.91 Å². The lowest BCUT2D eigenvalue weighted by Gasteiger charge is -2.12. The highest BCUT2D eigenvalue weighted by Gasteiger charge is 2.15. The van der Waals surface area contributed by atoms with Gasteiger partial charge in [-0.2, -0.15) is 0 Å². The summed E-state index contributed by atoms with van der Waals surface area (Å²) >= 11 is 7.22. The minimum atomic E-state index is -0.373. The third-order valence-corrected chi connectivity index (χ3v) is 4.95. The van der Waals surface area contributed by atoms with Gasteiger partial charge in [0.1, 0.15) is 5.82 Å². The Morgan fingerprint density at radius 2 is 1.88 bits per heavy atom. The molecule has 134 valence electrons. The summed E-state index contributed by atoms with van der Waals surface area (Å²) in [7, 11) is 0. The Labute approximate surface area is 159 Å². The van der Waals surface area contributed by atoms with Crippen LogP contribution in [0.1, 0.15) is 12.7 Å². The second kappa shape index (κ2) is 8.25. The summed E-state index contributed by atoms with van der Waals surface area (Å²) in [6.45, 7) is 1.76. The fraction of sp³-hybridized carbons (Fsp3) is 0.167. The molecule has 0 aliphatic heterocycles. The predicted molar refractivity (Wildman–Crippen MR) is 103 cm³/mol. The van der Waals surface area contributed by atoms with Gasteiger partial charge >= 0.3 is 0 Å². The Morgan fingerprint density at radius 1 is 1.15 bits per heavy atom. The first-order chi connectivity index (χ1) is 12.5. The molecule has 0 unspecified atom stereocenters. The van der Waals surface area contributed by atoms with Gasteiger partial charge in [-0.15, -0.1) is 11.8 Å². The molecule has 0 spiro atoms. The van der Waals surface area contributed by atoms with Crippen molar-refractivity contribution >= 4 is 46.2 Å². The maximum atomic E-state index is 12.1. The summed E-state index contributed by atoms with van der Waals surface area (Å²) in [5.74, 6) is -0.0921. The number of thioether (sulfide) groups is 1. The van der Waals surface area contributed by atoms with Crippen molar-refractivity contribution in [3.8, 4) is 0 Å². The van der Waals surface area contributed by atoms with E-state index in [1.165, 1.54) is 11.8 Å². The quantitative estimate of drug-likeness (QED) is 0.463. The van der Waals surface area contributed by atoms with Crippen LogP contribution in [-0.2, 0) is 16.0 Å². The molecule has 3 N–H and O–H groups in total. The van der Waals surface area contributed by atoms with Crippen molar-refractivity contribution in [2.45, 2.75) is 23.5 Å². The van der Waals surface area contributed by atoms with Crippen LogP contribution < -0.4 is 10.9 Å². The molecule has 2 amide bonds. The largest absolute Gasteiger partial charge is 0.342 e. The zero-order valence-corrected chi connectivity index (χ0v) is 15.5. The number of H-pyrrole nitrogens is 1. The number of imidazole rings is 1. The fourth-order valence-corrected chi connectivity index (χ4v) is 3.28. The van der Waals surface area contributed by atoms with E-state index in [1.54, 1.807) is 19.1 Å². The monoisotopic (exact) mass is 388 g/mol. The van der Waals surface area contributed by atoms with Gasteiger partial charge in [-0.25, -0.2) is 4.98 Å². The van der Waals surface area contributed by atoms with Gasteiger partial charge < -0.3 is 4.98 Å². The van der Waals surface area contributed by atoms with E-state index in [-0.39, 0.29) is 23.5 Å². The molecule has 2 aromatic carbocycles. The maximum Gasteiger partial charge on any atom is 0.251 e. The number of hydrazine groups is 1. The molecule has 26 heavy (non-hydrogen) atoms. The first-order valence-corrected chi connectivity index (χ1v) is 9.21. The van der Waals surface area contributed by atoms with Gasteiger partial charge in [0.15, 0.2) is 0 Å². The average molecular weight is 389 g/mol. The molecule has 1 heterocycles. The SMILES string of the molecule is C[C@@H](Sc1ccc(Cl)cc1)C(=O)NNC(=O)Cc1nc2ccccc2[nH]1. The number of aromatic amines is 1. The van der Waals surface area contributed by atoms with Crippen LogP contribution in [0.4, 0.5) is 0 Å². The summed E-state index contributed by atoms with van der Waals surface area (Å²) in [6, 6.07) is 14.8. The number of rotatable bonds is 5. The first kappa shape index (κ1) is 18.3. The molecule has 0 bridgehead atoms. The fourth-order valence-electron chi connectivity index (χ4n) is 2.29. The smallest absolute Gasteiger partial charge is 0.251 e. The third kappa shape index (κ3) is 4.77. The molecule has 0 saturated carbocycles. The normalized spacial score (nSPS) is 11.9. The van der Waals surface area contributed by atoms with Crippen molar-refractivity contribution in [3.63, 3.8) is 0 Å². The number of hydrogen-bond acceptors (Lipinski definition) is 4. The highest BCUT2D eigenvalue weighted by Crippen LogP contribution is 2.24. The summed E-state index contributed by atoms with van der Waals surface area (Å²) in [5, 5.41) is 0.270. The van der Waals surface area contributed by atoms with E-state index >= 15 is 0 Å². The minimum Gasteiger partial charge on any atom is -0.342 e. The van der Waals surface area contributed by atoms with Gasteiger partial charge in [-0.3, -0.25) is 20.4 Å². The van der Waals surface area contributed by atoms with Crippen molar-refractivity contribution in [1.82, 2.24) is 20.8 Å². The number of nitrogens with one attached hydrogen (secondary N) is 3. The lowest BCUT2D eigenvalue weighted by Crippen LogP contribution is -2.45. The average Bonchev–Trinajstić information content (AvgIpc) is 3.03. The first-order valence-electron chi connectivity index (χ1n) is 7.96. The minimum absolute atomic E-state index is 0.0493. The molecule has 0 radical (unpaired) electrons. The molecular weight excluding hydrogens is 372 g/mol. The van der Waals surface area contributed by atoms with Gasteiger partial charge in [-0.05, 0) is 43.3 Å². The van der Waals surface area contributed by atoms with Crippen molar-refractivity contribution in [1.29, 1.82) is 0 Å². The summed E-state index contributed by atoms with van der Waals surface area (Å²) in [6.07, 6.45) is 0.0493. The van der Waals surface area contributed by atoms with Crippen LogP contribution in [0.5, 0.6) is 0 Å². The molecule has 0 aliphatic rings. The Balaban J connectivity index is 1.48. The number of amides is 2.